The Kier molecular flexibility index (Phi) is 3.72. The van der Waals surface area contributed by atoms with Gasteiger partial charge in [-0.15, -0.1) is 11.3 Å². The molecule has 1 aromatic carbocycles. The third-order valence-electron chi connectivity index (χ3n) is 3.01. The molecule has 3 rings (SSSR count). The smallest absolute Gasteiger partial charge is 0.235 e. The molecule has 1 heterocycles. The van der Waals surface area contributed by atoms with Crippen LogP contribution < -0.4 is 11.1 Å². The summed E-state index contributed by atoms with van der Waals surface area (Å²) in [7, 11) is 0. The van der Waals surface area contributed by atoms with E-state index in [9.17, 15) is 4.79 Å². The van der Waals surface area contributed by atoms with Crippen LogP contribution in [0.1, 0.15) is 12.8 Å². The molecule has 1 aromatic heterocycles. The van der Waals surface area contributed by atoms with Crippen molar-refractivity contribution < 1.29 is 4.79 Å². The number of benzene rings is 1. The van der Waals surface area contributed by atoms with Gasteiger partial charge in [0, 0.05) is 11.8 Å². The molecule has 4 nitrogen and oxygen atoms in total. The molecule has 1 saturated carbocycles. The molecule has 1 aliphatic carbocycles. The first-order valence-corrected chi connectivity index (χ1v) is 8.06. The van der Waals surface area contributed by atoms with Crippen molar-refractivity contribution in [2.24, 2.45) is 5.73 Å². The molecule has 0 aliphatic heterocycles. The van der Waals surface area contributed by atoms with E-state index < -0.39 is 0 Å². The second-order valence-corrected chi connectivity index (χ2v) is 6.95. The molecule has 1 amide bonds. The summed E-state index contributed by atoms with van der Waals surface area (Å²) in [6.45, 7) is 0. The minimum atomic E-state index is -0.277. The first kappa shape index (κ1) is 12.9. The summed E-state index contributed by atoms with van der Waals surface area (Å²) in [6.07, 6.45) is 2.30. The van der Waals surface area contributed by atoms with Crippen molar-refractivity contribution in [3.63, 3.8) is 0 Å². The van der Waals surface area contributed by atoms with Crippen LogP contribution in [0.4, 0.5) is 0 Å². The number of amides is 1. The summed E-state index contributed by atoms with van der Waals surface area (Å²) in [5.74, 6) is 0.367. The zero-order valence-electron chi connectivity index (χ0n) is 10.3. The number of hydrogen-bond acceptors (Lipinski definition) is 5. The third-order valence-corrected chi connectivity index (χ3v) is 5.28. The number of carbonyl (C=O) groups is 1. The second kappa shape index (κ2) is 5.48. The number of rotatable bonds is 6. The van der Waals surface area contributed by atoms with Crippen LogP contribution in [0.5, 0.6) is 0 Å². The predicted octanol–water partition coefficient (Wildman–Crippen LogP) is 1.99. The van der Waals surface area contributed by atoms with Crippen LogP contribution in [0, 0.1) is 0 Å². The number of hydrogen-bond donors (Lipinski definition) is 2. The van der Waals surface area contributed by atoms with E-state index in [1.54, 1.807) is 23.1 Å². The second-order valence-electron chi connectivity index (χ2n) is 4.65. The molecule has 19 heavy (non-hydrogen) atoms. The Balaban J connectivity index is 1.64. The molecule has 0 spiro atoms. The van der Waals surface area contributed by atoms with Crippen LogP contribution in [0.15, 0.2) is 28.6 Å². The molecule has 1 atom stereocenters. The van der Waals surface area contributed by atoms with Gasteiger partial charge >= 0.3 is 0 Å². The Labute approximate surface area is 119 Å². The molecule has 1 unspecified atom stereocenters. The van der Waals surface area contributed by atoms with E-state index in [1.165, 1.54) is 4.70 Å². The predicted molar refractivity (Wildman–Crippen MR) is 79.5 cm³/mol. The molecular weight excluding hydrogens is 278 g/mol. The van der Waals surface area contributed by atoms with Crippen molar-refractivity contribution in [1.29, 1.82) is 0 Å². The van der Waals surface area contributed by atoms with Crippen molar-refractivity contribution in [1.82, 2.24) is 10.3 Å². The highest BCUT2D eigenvalue weighted by atomic mass is 32.2. The summed E-state index contributed by atoms with van der Waals surface area (Å²) in [4.78, 5) is 15.9. The zero-order valence-corrected chi connectivity index (χ0v) is 12.0. The van der Waals surface area contributed by atoms with Crippen molar-refractivity contribution >= 4 is 39.2 Å². The van der Waals surface area contributed by atoms with Gasteiger partial charge in [0.2, 0.25) is 5.91 Å². The van der Waals surface area contributed by atoms with E-state index >= 15 is 0 Å². The fourth-order valence-corrected chi connectivity index (χ4v) is 3.95. The number of carbonyl (C=O) groups excluding carboxylic acids is 1. The molecule has 0 saturated heterocycles. The lowest BCUT2D eigenvalue weighted by atomic mass is 10.3. The minimum absolute atomic E-state index is 0.260. The SMILES string of the molecule is NC(=O)C(CSc1nc2ccccc2s1)NC1CC1. The number of thiazole rings is 1. The fourth-order valence-electron chi connectivity index (χ4n) is 1.81. The van der Waals surface area contributed by atoms with E-state index in [2.05, 4.69) is 16.4 Å². The number of nitrogens with zero attached hydrogens (tertiary/aromatic N) is 1. The molecule has 6 heteroatoms. The maximum absolute atomic E-state index is 11.4. The molecular formula is C13H15N3OS2. The van der Waals surface area contributed by atoms with E-state index in [1.807, 2.05) is 18.2 Å². The van der Waals surface area contributed by atoms with E-state index in [4.69, 9.17) is 5.73 Å². The Morgan fingerprint density at radius 1 is 1.53 bits per heavy atom. The topological polar surface area (TPSA) is 68.0 Å². The highest BCUT2D eigenvalue weighted by Gasteiger charge is 2.27. The van der Waals surface area contributed by atoms with Gasteiger partial charge < -0.3 is 11.1 Å². The summed E-state index contributed by atoms with van der Waals surface area (Å²) >= 11 is 3.25. The van der Waals surface area contributed by atoms with Gasteiger partial charge in [-0.1, -0.05) is 23.9 Å². The van der Waals surface area contributed by atoms with Gasteiger partial charge in [0.15, 0.2) is 4.34 Å². The number of thioether (sulfide) groups is 1. The molecule has 1 fully saturated rings. The number of aromatic nitrogens is 1. The standard InChI is InChI=1S/C13H15N3OS2/c14-12(17)10(15-8-5-6-8)7-18-13-16-9-3-1-2-4-11(9)19-13/h1-4,8,10,15H,5-7H2,(H2,14,17). The minimum Gasteiger partial charge on any atom is -0.368 e. The first-order valence-electron chi connectivity index (χ1n) is 6.26. The maximum Gasteiger partial charge on any atom is 0.235 e. The zero-order chi connectivity index (χ0) is 13.2. The van der Waals surface area contributed by atoms with E-state index in [-0.39, 0.29) is 11.9 Å². The van der Waals surface area contributed by atoms with Crippen molar-refractivity contribution in [2.45, 2.75) is 29.3 Å². The van der Waals surface area contributed by atoms with Crippen LogP contribution in [0.25, 0.3) is 10.2 Å². The Hall–Kier alpha value is -1.11. The third kappa shape index (κ3) is 3.26. The number of primary amides is 1. The molecule has 1 aliphatic rings. The van der Waals surface area contributed by atoms with Crippen molar-refractivity contribution in [3.05, 3.63) is 24.3 Å². The van der Waals surface area contributed by atoms with Gasteiger partial charge in [-0.25, -0.2) is 4.98 Å². The average molecular weight is 293 g/mol. The fraction of sp³-hybridized carbons (Fsp3) is 0.385. The molecule has 0 radical (unpaired) electrons. The van der Waals surface area contributed by atoms with Crippen LogP contribution in [0.2, 0.25) is 0 Å². The number of nitrogens with two attached hydrogens (primary N) is 1. The van der Waals surface area contributed by atoms with E-state index in [0.29, 0.717) is 11.8 Å². The van der Waals surface area contributed by atoms with Gasteiger partial charge in [-0.3, -0.25) is 4.79 Å². The largest absolute Gasteiger partial charge is 0.368 e. The molecule has 0 bridgehead atoms. The summed E-state index contributed by atoms with van der Waals surface area (Å²) < 4.78 is 2.17. The monoisotopic (exact) mass is 293 g/mol. The van der Waals surface area contributed by atoms with Crippen LogP contribution in [-0.2, 0) is 4.79 Å². The van der Waals surface area contributed by atoms with Gasteiger partial charge in [-0.05, 0) is 25.0 Å². The van der Waals surface area contributed by atoms with Crippen molar-refractivity contribution in [2.75, 3.05) is 5.75 Å². The van der Waals surface area contributed by atoms with Gasteiger partial charge in [0.05, 0.1) is 16.3 Å². The normalized spacial score (nSPS) is 16.6. The van der Waals surface area contributed by atoms with Crippen molar-refractivity contribution in [3.8, 4) is 0 Å². The van der Waals surface area contributed by atoms with E-state index in [0.717, 1.165) is 22.7 Å². The highest BCUT2D eigenvalue weighted by molar-refractivity contribution is 8.01. The molecule has 2 aromatic rings. The van der Waals surface area contributed by atoms with Gasteiger partial charge in [-0.2, -0.15) is 0 Å². The quantitative estimate of drug-likeness (QED) is 0.799. The maximum atomic E-state index is 11.4. The lowest BCUT2D eigenvalue weighted by Crippen LogP contribution is -2.44. The van der Waals surface area contributed by atoms with Gasteiger partial charge in [0.25, 0.3) is 0 Å². The van der Waals surface area contributed by atoms with Crippen LogP contribution in [0.3, 0.4) is 0 Å². The van der Waals surface area contributed by atoms with Gasteiger partial charge in [0.1, 0.15) is 0 Å². The highest BCUT2D eigenvalue weighted by Crippen LogP contribution is 2.30. The lowest BCUT2D eigenvalue weighted by Gasteiger charge is -2.13. The number of nitrogens with one attached hydrogen (secondary N) is 1. The Bertz CT molecular complexity index is 561. The van der Waals surface area contributed by atoms with Crippen LogP contribution in [-0.4, -0.2) is 28.7 Å². The average Bonchev–Trinajstić information content (AvgIpc) is 3.11. The number of para-hydroxylation sites is 1. The first-order chi connectivity index (χ1) is 9.22. The summed E-state index contributed by atoms with van der Waals surface area (Å²) in [6, 6.07) is 8.28. The van der Waals surface area contributed by atoms with Crippen LogP contribution >= 0.6 is 23.1 Å². The Morgan fingerprint density at radius 3 is 3.00 bits per heavy atom. The summed E-state index contributed by atoms with van der Waals surface area (Å²) in [5, 5.41) is 3.28. The molecule has 3 N–H and O–H groups in total. The summed E-state index contributed by atoms with van der Waals surface area (Å²) in [5.41, 5.74) is 6.43. The Morgan fingerprint density at radius 2 is 2.32 bits per heavy atom. The lowest BCUT2D eigenvalue weighted by molar-refractivity contribution is -0.119. The number of fused-ring (bicyclic) bond motifs is 1. The molecule has 100 valence electrons.